The summed E-state index contributed by atoms with van der Waals surface area (Å²) in [5.74, 6) is -0.617. The van der Waals surface area contributed by atoms with Crippen LogP contribution in [0.3, 0.4) is 0 Å². The fourth-order valence-corrected chi connectivity index (χ4v) is 2.96. The third-order valence-corrected chi connectivity index (χ3v) is 4.95. The smallest absolute Gasteiger partial charge is 0.230 e. The standard InChI is InChI=1S/C11H12Cl2N2O3S/c1-19(17,18)15-5-7(6-15)11(16)14-9-4-2-3-8(12)10(9)13/h2-4,7H,5-6H2,1H3,(H,14,16). The number of carbonyl (C=O) groups excluding carboxylic acids is 1. The summed E-state index contributed by atoms with van der Waals surface area (Å²) >= 11 is 11.8. The topological polar surface area (TPSA) is 66.5 Å². The Morgan fingerprint density at radius 1 is 1.37 bits per heavy atom. The maximum absolute atomic E-state index is 11.9. The minimum atomic E-state index is -3.21. The molecule has 5 nitrogen and oxygen atoms in total. The fraction of sp³-hybridized carbons (Fsp3) is 0.364. The maximum atomic E-state index is 11.9. The molecule has 0 spiro atoms. The molecule has 1 N–H and O–H groups in total. The summed E-state index contributed by atoms with van der Waals surface area (Å²) < 4.78 is 23.6. The van der Waals surface area contributed by atoms with Gasteiger partial charge in [-0.3, -0.25) is 4.79 Å². The number of amides is 1. The lowest BCUT2D eigenvalue weighted by molar-refractivity contribution is -0.122. The van der Waals surface area contributed by atoms with Crippen LogP contribution < -0.4 is 5.32 Å². The molecule has 1 aliphatic heterocycles. The molecule has 0 bridgehead atoms. The summed E-state index contributed by atoms with van der Waals surface area (Å²) in [6, 6.07) is 4.93. The predicted molar refractivity (Wildman–Crippen MR) is 75.0 cm³/mol. The van der Waals surface area contributed by atoms with E-state index in [1.165, 1.54) is 4.31 Å². The zero-order chi connectivity index (χ0) is 14.2. The molecule has 2 rings (SSSR count). The van der Waals surface area contributed by atoms with Gasteiger partial charge in [0.25, 0.3) is 0 Å². The molecule has 1 fully saturated rings. The van der Waals surface area contributed by atoms with Crippen molar-refractivity contribution in [1.29, 1.82) is 0 Å². The normalized spacial score (nSPS) is 17.0. The molecule has 1 heterocycles. The first-order valence-electron chi connectivity index (χ1n) is 5.49. The molecule has 1 aromatic rings. The molecule has 0 unspecified atom stereocenters. The van der Waals surface area contributed by atoms with Crippen molar-refractivity contribution in [3.8, 4) is 0 Å². The van der Waals surface area contributed by atoms with Gasteiger partial charge in [-0.15, -0.1) is 0 Å². The first-order chi connectivity index (χ1) is 8.79. The molecule has 1 saturated heterocycles. The molecule has 0 aliphatic carbocycles. The molecular formula is C11H12Cl2N2O3S. The minimum absolute atomic E-state index is 0.197. The van der Waals surface area contributed by atoms with Gasteiger partial charge in [0.15, 0.2) is 0 Å². The first-order valence-corrected chi connectivity index (χ1v) is 8.09. The Bertz CT molecular complexity index is 612. The van der Waals surface area contributed by atoms with E-state index in [9.17, 15) is 13.2 Å². The van der Waals surface area contributed by atoms with Gasteiger partial charge in [-0.2, -0.15) is 0 Å². The second-order valence-electron chi connectivity index (χ2n) is 4.37. The number of carbonyl (C=O) groups is 1. The predicted octanol–water partition coefficient (Wildman–Crippen LogP) is 1.82. The first kappa shape index (κ1) is 14.6. The molecular weight excluding hydrogens is 311 g/mol. The Kier molecular flexibility index (Phi) is 4.06. The van der Waals surface area contributed by atoms with Crippen LogP contribution in [0.2, 0.25) is 10.0 Å². The van der Waals surface area contributed by atoms with Gasteiger partial charge in [0.2, 0.25) is 15.9 Å². The quantitative estimate of drug-likeness (QED) is 0.923. The van der Waals surface area contributed by atoms with Crippen molar-refractivity contribution >= 4 is 44.8 Å². The van der Waals surface area contributed by atoms with E-state index in [1.807, 2.05) is 0 Å². The lowest BCUT2D eigenvalue weighted by atomic mass is 10.0. The van der Waals surface area contributed by atoms with Crippen LogP contribution in [0.15, 0.2) is 18.2 Å². The summed E-state index contributed by atoms with van der Waals surface area (Å²) in [6.07, 6.45) is 1.12. The Morgan fingerprint density at radius 3 is 2.58 bits per heavy atom. The maximum Gasteiger partial charge on any atom is 0.230 e. The van der Waals surface area contributed by atoms with Crippen molar-refractivity contribution in [2.24, 2.45) is 5.92 Å². The Morgan fingerprint density at radius 2 is 2.00 bits per heavy atom. The Hall–Kier alpha value is -0.820. The highest BCUT2D eigenvalue weighted by Gasteiger charge is 2.37. The fourth-order valence-electron chi connectivity index (χ4n) is 1.71. The van der Waals surface area contributed by atoms with Crippen molar-refractivity contribution < 1.29 is 13.2 Å². The van der Waals surface area contributed by atoms with Crippen molar-refractivity contribution in [2.45, 2.75) is 0 Å². The zero-order valence-electron chi connectivity index (χ0n) is 10.1. The summed E-state index contributed by atoms with van der Waals surface area (Å²) in [5, 5.41) is 3.28. The summed E-state index contributed by atoms with van der Waals surface area (Å²) in [5.41, 5.74) is 0.428. The van der Waals surface area contributed by atoms with Gasteiger partial charge in [-0.05, 0) is 12.1 Å². The number of anilines is 1. The average molecular weight is 323 g/mol. The molecule has 1 aromatic carbocycles. The van der Waals surface area contributed by atoms with Gasteiger partial charge < -0.3 is 5.32 Å². The van der Waals surface area contributed by atoms with Crippen molar-refractivity contribution in [3.05, 3.63) is 28.2 Å². The van der Waals surface area contributed by atoms with Crippen LogP contribution in [0.25, 0.3) is 0 Å². The molecule has 104 valence electrons. The largest absolute Gasteiger partial charge is 0.324 e. The van der Waals surface area contributed by atoms with Crippen LogP contribution in [0, 0.1) is 5.92 Å². The minimum Gasteiger partial charge on any atom is -0.324 e. The van der Waals surface area contributed by atoms with E-state index in [-0.39, 0.29) is 29.9 Å². The summed E-state index contributed by atoms with van der Waals surface area (Å²) in [7, 11) is -3.21. The van der Waals surface area contributed by atoms with Gasteiger partial charge >= 0.3 is 0 Å². The average Bonchev–Trinajstić information content (AvgIpc) is 2.20. The van der Waals surface area contributed by atoms with Gasteiger partial charge in [0.1, 0.15) is 0 Å². The van der Waals surface area contributed by atoms with E-state index in [4.69, 9.17) is 23.2 Å². The summed E-state index contributed by atoms with van der Waals surface area (Å²) in [4.78, 5) is 11.9. The van der Waals surface area contributed by atoms with Gasteiger partial charge in [0, 0.05) is 13.1 Å². The molecule has 0 saturated carbocycles. The SMILES string of the molecule is CS(=O)(=O)N1CC(C(=O)Nc2cccc(Cl)c2Cl)C1. The van der Waals surface area contributed by atoms with E-state index < -0.39 is 10.0 Å². The molecule has 0 radical (unpaired) electrons. The van der Waals surface area contributed by atoms with Gasteiger partial charge in [-0.25, -0.2) is 12.7 Å². The molecule has 0 atom stereocenters. The third kappa shape index (κ3) is 3.20. The number of benzene rings is 1. The molecule has 0 aromatic heterocycles. The number of nitrogens with one attached hydrogen (secondary N) is 1. The number of sulfonamides is 1. The highest BCUT2D eigenvalue weighted by molar-refractivity contribution is 7.88. The second kappa shape index (κ2) is 5.28. The van der Waals surface area contributed by atoms with Crippen molar-refractivity contribution in [3.63, 3.8) is 0 Å². The number of halogens is 2. The third-order valence-electron chi connectivity index (χ3n) is 2.90. The Labute approximate surface area is 121 Å². The second-order valence-corrected chi connectivity index (χ2v) is 7.14. The molecule has 1 aliphatic rings. The number of rotatable bonds is 3. The lowest BCUT2D eigenvalue weighted by Crippen LogP contribution is -2.53. The van der Waals surface area contributed by atoms with Crippen LogP contribution in [-0.2, 0) is 14.8 Å². The summed E-state index contributed by atoms with van der Waals surface area (Å²) in [6.45, 7) is 0.395. The van der Waals surface area contributed by atoms with Crippen LogP contribution >= 0.6 is 23.2 Å². The highest BCUT2D eigenvalue weighted by atomic mass is 35.5. The van der Waals surface area contributed by atoms with Crippen LogP contribution in [0.4, 0.5) is 5.69 Å². The van der Waals surface area contributed by atoms with E-state index in [2.05, 4.69) is 5.32 Å². The number of hydrogen-bond acceptors (Lipinski definition) is 3. The number of hydrogen-bond donors (Lipinski definition) is 1. The van der Waals surface area contributed by atoms with Gasteiger partial charge in [0.05, 0.1) is 27.9 Å². The number of nitrogens with zero attached hydrogens (tertiary/aromatic N) is 1. The van der Waals surface area contributed by atoms with Crippen LogP contribution in [-0.4, -0.2) is 38.0 Å². The van der Waals surface area contributed by atoms with E-state index in [0.717, 1.165) is 6.26 Å². The van der Waals surface area contributed by atoms with Crippen LogP contribution in [0.5, 0.6) is 0 Å². The van der Waals surface area contributed by atoms with Crippen LogP contribution in [0.1, 0.15) is 0 Å². The van der Waals surface area contributed by atoms with Crippen molar-refractivity contribution in [1.82, 2.24) is 4.31 Å². The van der Waals surface area contributed by atoms with E-state index in [1.54, 1.807) is 18.2 Å². The van der Waals surface area contributed by atoms with Crippen molar-refractivity contribution in [2.75, 3.05) is 24.7 Å². The lowest BCUT2D eigenvalue weighted by Gasteiger charge is -2.35. The highest BCUT2D eigenvalue weighted by Crippen LogP contribution is 2.30. The Balaban J connectivity index is 1.99. The monoisotopic (exact) mass is 322 g/mol. The van der Waals surface area contributed by atoms with Gasteiger partial charge in [-0.1, -0.05) is 29.3 Å². The zero-order valence-corrected chi connectivity index (χ0v) is 12.4. The van der Waals surface area contributed by atoms with E-state index in [0.29, 0.717) is 10.7 Å². The molecule has 19 heavy (non-hydrogen) atoms. The van der Waals surface area contributed by atoms with E-state index >= 15 is 0 Å². The molecule has 1 amide bonds. The molecule has 8 heteroatoms.